The second-order valence-corrected chi connectivity index (χ2v) is 2.46. The topological polar surface area (TPSA) is 0 Å². The van der Waals surface area contributed by atoms with E-state index in [9.17, 15) is 22.0 Å². The van der Waals surface area contributed by atoms with Gasteiger partial charge in [0.2, 0.25) is 0 Å². The monoisotopic (exact) mass is 184 g/mol. The van der Waals surface area contributed by atoms with Gasteiger partial charge in [0.25, 0.3) is 0 Å². The standard InChI is InChI=1S/C7H5F5/c1-2-3(8)5(10)7(12)6(11)4(2)9/h3,5H,1H3/t3?,5-/m1/s1. The van der Waals surface area contributed by atoms with Gasteiger partial charge in [0.1, 0.15) is 0 Å². The van der Waals surface area contributed by atoms with Crippen molar-refractivity contribution in [1.29, 1.82) is 0 Å². The molecule has 0 nitrogen and oxygen atoms in total. The summed E-state index contributed by atoms with van der Waals surface area (Å²) in [7, 11) is 0. The van der Waals surface area contributed by atoms with Gasteiger partial charge in [-0.25, -0.2) is 22.0 Å². The van der Waals surface area contributed by atoms with Crippen molar-refractivity contribution in [3.8, 4) is 0 Å². The molecule has 68 valence electrons. The summed E-state index contributed by atoms with van der Waals surface area (Å²) in [5.74, 6) is -5.59. The van der Waals surface area contributed by atoms with Crippen LogP contribution in [0.4, 0.5) is 22.0 Å². The fraction of sp³-hybridized carbons (Fsp3) is 0.429. The van der Waals surface area contributed by atoms with Crippen molar-refractivity contribution in [2.45, 2.75) is 19.3 Å². The van der Waals surface area contributed by atoms with Crippen LogP contribution in [0, 0.1) is 0 Å². The largest absolute Gasteiger partial charge is 0.239 e. The molecule has 12 heavy (non-hydrogen) atoms. The molecule has 0 heterocycles. The number of allylic oxidation sites excluding steroid dienone is 4. The molecule has 1 aliphatic carbocycles. The Morgan fingerprint density at radius 1 is 0.917 bits per heavy atom. The maximum atomic E-state index is 12.5. The van der Waals surface area contributed by atoms with Crippen molar-refractivity contribution >= 4 is 0 Å². The highest BCUT2D eigenvalue weighted by Gasteiger charge is 2.37. The molecule has 0 aromatic carbocycles. The van der Waals surface area contributed by atoms with E-state index in [1.54, 1.807) is 0 Å². The molecule has 1 rings (SSSR count). The highest BCUT2D eigenvalue weighted by atomic mass is 19.2. The Morgan fingerprint density at radius 3 is 1.92 bits per heavy atom. The Labute approximate surface area is 65.4 Å². The van der Waals surface area contributed by atoms with Gasteiger partial charge in [0, 0.05) is 5.57 Å². The summed E-state index contributed by atoms with van der Waals surface area (Å²) in [4.78, 5) is 0. The lowest BCUT2D eigenvalue weighted by Crippen LogP contribution is -2.24. The lowest BCUT2D eigenvalue weighted by Gasteiger charge is -2.18. The zero-order valence-corrected chi connectivity index (χ0v) is 6.04. The number of halogens is 5. The Balaban J connectivity index is 3.18. The zero-order chi connectivity index (χ0) is 9.46. The van der Waals surface area contributed by atoms with Crippen LogP contribution in [0.5, 0.6) is 0 Å². The van der Waals surface area contributed by atoms with Gasteiger partial charge < -0.3 is 0 Å². The lowest BCUT2D eigenvalue weighted by atomic mass is 10.0. The van der Waals surface area contributed by atoms with Crippen molar-refractivity contribution in [2.24, 2.45) is 0 Å². The summed E-state index contributed by atoms with van der Waals surface area (Å²) < 4.78 is 61.9. The van der Waals surface area contributed by atoms with Crippen LogP contribution in [0.15, 0.2) is 23.1 Å². The molecule has 1 unspecified atom stereocenters. The van der Waals surface area contributed by atoms with Crippen molar-refractivity contribution < 1.29 is 22.0 Å². The third-order valence-corrected chi connectivity index (χ3v) is 1.66. The van der Waals surface area contributed by atoms with Crippen LogP contribution >= 0.6 is 0 Å². The van der Waals surface area contributed by atoms with Crippen LogP contribution in [-0.2, 0) is 0 Å². The molecule has 0 saturated carbocycles. The molecule has 1 aliphatic rings. The summed E-state index contributed by atoms with van der Waals surface area (Å²) in [6.07, 6.45) is -5.14. The van der Waals surface area contributed by atoms with E-state index >= 15 is 0 Å². The molecular weight excluding hydrogens is 179 g/mol. The number of hydrogen-bond acceptors (Lipinski definition) is 0. The third kappa shape index (κ3) is 1.13. The molecule has 0 spiro atoms. The smallest absolute Gasteiger partial charge is 0.193 e. The Morgan fingerprint density at radius 2 is 1.42 bits per heavy atom. The molecular formula is C7H5F5. The van der Waals surface area contributed by atoms with Crippen LogP contribution < -0.4 is 0 Å². The van der Waals surface area contributed by atoms with Crippen LogP contribution in [0.3, 0.4) is 0 Å². The van der Waals surface area contributed by atoms with Crippen molar-refractivity contribution in [2.75, 3.05) is 0 Å². The molecule has 2 atom stereocenters. The molecule has 0 aliphatic heterocycles. The zero-order valence-electron chi connectivity index (χ0n) is 6.04. The fourth-order valence-electron chi connectivity index (χ4n) is 0.868. The van der Waals surface area contributed by atoms with E-state index < -0.39 is 35.4 Å². The van der Waals surface area contributed by atoms with Gasteiger partial charge in [-0.15, -0.1) is 0 Å². The summed E-state index contributed by atoms with van der Waals surface area (Å²) in [6, 6.07) is 0. The van der Waals surface area contributed by atoms with E-state index in [2.05, 4.69) is 0 Å². The summed E-state index contributed by atoms with van der Waals surface area (Å²) >= 11 is 0. The highest BCUT2D eigenvalue weighted by molar-refractivity contribution is 5.36. The SMILES string of the molecule is CC1=C(F)C(F)=C(F)[C@H](F)C1F. The minimum absolute atomic E-state index is 0.749. The second-order valence-electron chi connectivity index (χ2n) is 2.46. The molecule has 0 radical (unpaired) electrons. The minimum atomic E-state index is -2.72. The van der Waals surface area contributed by atoms with Gasteiger partial charge in [-0.1, -0.05) is 0 Å². The van der Waals surface area contributed by atoms with Crippen molar-refractivity contribution in [3.05, 3.63) is 23.1 Å². The van der Waals surface area contributed by atoms with E-state index in [-0.39, 0.29) is 0 Å². The van der Waals surface area contributed by atoms with Gasteiger partial charge in [-0.05, 0) is 6.92 Å². The molecule has 0 saturated heterocycles. The van der Waals surface area contributed by atoms with E-state index in [4.69, 9.17) is 0 Å². The van der Waals surface area contributed by atoms with E-state index in [0.29, 0.717) is 0 Å². The first-order chi connectivity index (χ1) is 5.46. The highest BCUT2D eigenvalue weighted by Crippen LogP contribution is 2.36. The predicted molar refractivity (Wildman–Crippen MR) is 32.8 cm³/mol. The van der Waals surface area contributed by atoms with Crippen molar-refractivity contribution in [1.82, 2.24) is 0 Å². The second kappa shape index (κ2) is 2.88. The van der Waals surface area contributed by atoms with E-state index in [1.165, 1.54) is 0 Å². The van der Waals surface area contributed by atoms with Crippen LogP contribution in [0.25, 0.3) is 0 Å². The molecule has 5 heteroatoms. The van der Waals surface area contributed by atoms with E-state index in [0.717, 1.165) is 6.92 Å². The normalized spacial score (nSPS) is 31.5. The van der Waals surface area contributed by atoms with Gasteiger partial charge >= 0.3 is 0 Å². The molecule has 0 aromatic rings. The summed E-state index contributed by atoms with van der Waals surface area (Å²) in [6.45, 7) is 0.874. The number of alkyl halides is 2. The quantitative estimate of drug-likeness (QED) is 0.507. The predicted octanol–water partition coefficient (Wildman–Crippen LogP) is 3.07. The molecule has 0 N–H and O–H groups in total. The lowest BCUT2D eigenvalue weighted by molar-refractivity contribution is 0.182. The van der Waals surface area contributed by atoms with Crippen molar-refractivity contribution in [3.63, 3.8) is 0 Å². The average Bonchev–Trinajstić information content (AvgIpc) is 2.08. The first-order valence-electron chi connectivity index (χ1n) is 3.16. The molecule has 0 fully saturated rings. The first-order valence-corrected chi connectivity index (χ1v) is 3.16. The maximum absolute atomic E-state index is 12.5. The third-order valence-electron chi connectivity index (χ3n) is 1.66. The maximum Gasteiger partial charge on any atom is 0.193 e. The van der Waals surface area contributed by atoms with E-state index in [1.807, 2.05) is 0 Å². The van der Waals surface area contributed by atoms with Gasteiger partial charge in [-0.2, -0.15) is 0 Å². The summed E-state index contributed by atoms with van der Waals surface area (Å²) in [5.41, 5.74) is -0.749. The Kier molecular flexibility index (Phi) is 2.21. The Hall–Kier alpha value is -0.870. The van der Waals surface area contributed by atoms with Gasteiger partial charge in [0.05, 0.1) is 0 Å². The average molecular weight is 184 g/mol. The fourth-order valence-corrected chi connectivity index (χ4v) is 0.868. The van der Waals surface area contributed by atoms with Gasteiger partial charge in [-0.3, -0.25) is 0 Å². The van der Waals surface area contributed by atoms with Crippen LogP contribution in [0.1, 0.15) is 6.92 Å². The minimum Gasteiger partial charge on any atom is -0.239 e. The first kappa shape index (κ1) is 9.22. The number of rotatable bonds is 0. The van der Waals surface area contributed by atoms with Crippen LogP contribution in [0.2, 0.25) is 0 Å². The van der Waals surface area contributed by atoms with Gasteiger partial charge in [0.15, 0.2) is 29.8 Å². The molecule has 0 amide bonds. The van der Waals surface area contributed by atoms with Crippen LogP contribution in [-0.4, -0.2) is 12.3 Å². The molecule has 0 aromatic heterocycles. The number of hydrogen-bond donors (Lipinski definition) is 0. The molecule has 0 bridgehead atoms. The Bertz CT molecular complexity index is 237. The summed E-state index contributed by atoms with van der Waals surface area (Å²) in [5, 5.41) is 0.